The highest BCUT2D eigenvalue weighted by Crippen LogP contribution is 2.41. The Labute approximate surface area is 240 Å². The highest BCUT2D eigenvalue weighted by atomic mass is 19.4. The van der Waals surface area contributed by atoms with E-state index in [-0.39, 0.29) is 45.6 Å². The third-order valence-corrected chi connectivity index (χ3v) is 8.17. The first-order chi connectivity index (χ1) is 19.8. The van der Waals surface area contributed by atoms with Crippen LogP contribution in [0.1, 0.15) is 43.2 Å². The molecule has 1 amide bonds. The summed E-state index contributed by atoms with van der Waals surface area (Å²) in [5, 5.41) is 9.25. The van der Waals surface area contributed by atoms with Crippen LogP contribution < -0.4 is 4.74 Å². The molecule has 0 radical (unpaired) electrons. The maximum absolute atomic E-state index is 13.1. The van der Waals surface area contributed by atoms with E-state index in [1.807, 2.05) is 9.80 Å². The summed E-state index contributed by atoms with van der Waals surface area (Å²) in [4.78, 5) is 28.1. The third-order valence-electron chi connectivity index (χ3n) is 8.17. The second-order valence-corrected chi connectivity index (χ2v) is 11.2. The van der Waals surface area contributed by atoms with E-state index in [2.05, 4.69) is 9.47 Å². The molecule has 3 saturated heterocycles. The van der Waals surface area contributed by atoms with Crippen molar-refractivity contribution in [1.29, 1.82) is 0 Å². The van der Waals surface area contributed by atoms with Gasteiger partial charge in [0.25, 0.3) is 6.10 Å². The van der Waals surface area contributed by atoms with E-state index in [4.69, 9.17) is 0 Å². The van der Waals surface area contributed by atoms with Gasteiger partial charge in [-0.25, -0.2) is 4.79 Å². The molecular weight excluding hydrogens is 605 g/mol. The number of piperidine rings is 1. The zero-order valence-electron chi connectivity index (χ0n) is 22.7. The summed E-state index contributed by atoms with van der Waals surface area (Å²) >= 11 is 0. The van der Waals surface area contributed by atoms with Crippen molar-refractivity contribution < 1.29 is 63.7 Å². The second kappa shape index (κ2) is 12.2. The molecule has 1 N–H and O–H groups in total. The Hall–Kier alpha value is -2.95. The average Bonchev–Trinajstić information content (AvgIpc) is 3.48. The molecule has 17 heteroatoms. The van der Waals surface area contributed by atoms with Crippen LogP contribution >= 0.6 is 0 Å². The highest BCUT2D eigenvalue weighted by Gasteiger charge is 2.60. The SMILES string of the molecule is O=C(O)C1CCN(Cc2cc(CN3CCCC34CCN(C(=O)OC(C(F)(F)F)C(F)(F)F)CC4)cc(OC(F)(F)F)c2)C1. The monoisotopic (exact) mass is 635 g/mol. The van der Waals surface area contributed by atoms with E-state index < -0.39 is 54.1 Å². The normalized spacial score (nSPS) is 22.0. The van der Waals surface area contributed by atoms with Gasteiger partial charge in [0.2, 0.25) is 0 Å². The number of hydrogen-bond acceptors (Lipinski definition) is 6. The van der Waals surface area contributed by atoms with Crippen molar-refractivity contribution in [2.24, 2.45) is 5.92 Å². The summed E-state index contributed by atoms with van der Waals surface area (Å²) in [7, 11) is 0. The number of benzene rings is 1. The van der Waals surface area contributed by atoms with Crippen LogP contribution in [0.15, 0.2) is 18.2 Å². The molecule has 1 atom stereocenters. The maximum Gasteiger partial charge on any atom is 0.573 e. The molecule has 1 aromatic carbocycles. The van der Waals surface area contributed by atoms with Crippen molar-refractivity contribution >= 4 is 12.1 Å². The number of likely N-dealkylation sites (tertiary alicyclic amines) is 3. The van der Waals surface area contributed by atoms with Gasteiger partial charge in [0.15, 0.2) is 0 Å². The van der Waals surface area contributed by atoms with Crippen molar-refractivity contribution in [2.75, 3.05) is 32.7 Å². The van der Waals surface area contributed by atoms with Crippen LogP contribution in [0.4, 0.5) is 44.3 Å². The quantitative estimate of drug-likeness (QED) is 0.394. The standard InChI is InChI=1S/C26H30F9N3O5/c27-24(28,29)21(25(30,31)32)42-22(41)37-8-4-23(5-9-37)3-1-6-38(23)14-17-10-16(11-19(12-17)43-26(33,34)35)13-36-7-2-18(15-36)20(39)40/h10-12,18,21H,1-9,13-15H2,(H,39,40). The van der Waals surface area contributed by atoms with Gasteiger partial charge in [0, 0.05) is 38.3 Å². The fourth-order valence-electron chi connectivity index (χ4n) is 6.17. The van der Waals surface area contributed by atoms with Gasteiger partial charge in [0.05, 0.1) is 5.92 Å². The van der Waals surface area contributed by atoms with Crippen LogP contribution in [0.25, 0.3) is 0 Å². The number of halogens is 9. The van der Waals surface area contributed by atoms with Crippen LogP contribution in [0.3, 0.4) is 0 Å². The first-order valence-corrected chi connectivity index (χ1v) is 13.5. The summed E-state index contributed by atoms with van der Waals surface area (Å²) in [5.41, 5.74) is 0.388. The Balaban J connectivity index is 1.45. The summed E-state index contributed by atoms with van der Waals surface area (Å²) in [6.07, 6.45) is -20.5. The topological polar surface area (TPSA) is 82.6 Å². The fourth-order valence-corrected chi connectivity index (χ4v) is 6.17. The molecule has 1 unspecified atom stereocenters. The Morgan fingerprint density at radius 3 is 2.02 bits per heavy atom. The van der Waals surface area contributed by atoms with E-state index >= 15 is 0 Å². The number of carbonyl (C=O) groups is 2. The molecule has 4 rings (SSSR count). The zero-order chi connectivity index (χ0) is 31.8. The maximum atomic E-state index is 13.1. The lowest BCUT2D eigenvalue weighted by molar-refractivity contribution is -0.308. The molecule has 3 aliphatic rings. The van der Waals surface area contributed by atoms with Crippen LogP contribution in [0.5, 0.6) is 5.75 Å². The van der Waals surface area contributed by atoms with Crippen LogP contribution in [0.2, 0.25) is 0 Å². The minimum absolute atomic E-state index is 0.167. The molecule has 43 heavy (non-hydrogen) atoms. The minimum atomic E-state index is -5.83. The molecule has 0 saturated carbocycles. The highest BCUT2D eigenvalue weighted by molar-refractivity contribution is 5.70. The van der Waals surface area contributed by atoms with Gasteiger partial charge in [-0.15, -0.1) is 13.2 Å². The van der Waals surface area contributed by atoms with E-state index in [9.17, 15) is 54.2 Å². The lowest BCUT2D eigenvalue weighted by atomic mass is 9.85. The van der Waals surface area contributed by atoms with Gasteiger partial charge in [-0.2, -0.15) is 26.3 Å². The number of carboxylic acids is 1. The predicted molar refractivity (Wildman–Crippen MR) is 130 cm³/mol. The zero-order valence-corrected chi connectivity index (χ0v) is 22.7. The number of ether oxygens (including phenoxy) is 2. The van der Waals surface area contributed by atoms with E-state index in [1.165, 1.54) is 12.1 Å². The van der Waals surface area contributed by atoms with Gasteiger partial charge < -0.3 is 19.5 Å². The summed E-state index contributed by atoms with van der Waals surface area (Å²) < 4.78 is 124. The van der Waals surface area contributed by atoms with E-state index in [1.54, 1.807) is 6.07 Å². The van der Waals surface area contributed by atoms with Crippen LogP contribution in [-0.4, -0.2) is 95.0 Å². The number of aliphatic carboxylic acids is 1. The third kappa shape index (κ3) is 8.37. The summed E-state index contributed by atoms with van der Waals surface area (Å²) in [6, 6.07) is 4.18. The predicted octanol–water partition coefficient (Wildman–Crippen LogP) is 5.55. The lowest BCUT2D eigenvalue weighted by Gasteiger charge is -2.45. The number of amides is 1. The van der Waals surface area contributed by atoms with Crippen molar-refractivity contribution in [1.82, 2.24) is 14.7 Å². The molecule has 8 nitrogen and oxygen atoms in total. The van der Waals surface area contributed by atoms with Crippen molar-refractivity contribution in [3.8, 4) is 5.75 Å². The van der Waals surface area contributed by atoms with Crippen molar-refractivity contribution in [3.05, 3.63) is 29.3 Å². The number of hydrogen-bond donors (Lipinski definition) is 1. The Morgan fingerprint density at radius 1 is 0.884 bits per heavy atom. The van der Waals surface area contributed by atoms with Crippen LogP contribution in [0, 0.1) is 5.92 Å². The smallest absolute Gasteiger partial charge is 0.481 e. The molecule has 0 bridgehead atoms. The van der Waals surface area contributed by atoms with E-state index in [0.717, 1.165) is 4.90 Å². The number of rotatable bonds is 7. The summed E-state index contributed by atoms with van der Waals surface area (Å²) in [6.45, 7) is 1.27. The number of nitrogens with zero attached hydrogens (tertiary/aromatic N) is 3. The molecule has 1 aromatic rings. The minimum Gasteiger partial charge on any atom is -0.481 e. The van der Waals surface area contributed by atoms with Gasteiger partial charge in [-0.05, 0) is 68.5 Å². The molecule has 3 aliphatic heterocycles. The molecule has 3 fully saturated rings. The Kier molecular flexibility index (Phi) is 9.36. The van der Waals surface area contributed by atoms with Gasteiger partial charge in [-0.1, -0.05) is 6.07 Å². The second-order valence-electron chi connectivity index (χ2n) is 11.2. The number of alkyl halides is 9. The summed E-state index contributed by atoms with van der Waals surface area (Å²) in [5.74, 6) is -1.96. The molecule has 1 spiro atoms. The molecule has 242 valence electrons. The van der Waals surface area contributed by atoms with Gasteiger partial charge in [-0.3, -0.25) is 14.6 Å². The van der Waals surface area contributed by atoms with Gasteiger partial charge >= 0.3 is 30.8 Å². The first kappa shape index (κ1) is 33.0. The largest absolute Gasteiger partial charge is 0.573 e. The Bertz CT molecular complexity index is 1150. The lowest BCUT2D eigenvalue weighted by Crippen LogP contribution is -2.54. The Morgan fingerprint density at radius 2 is 1.49 bits per heavy atom. The van der Waals surface area contributed by atoms with Crippen molar-refractivity contribution in [2.45, 2.75) is 75.6 Å². The number of carboxylic acid groups (broad SMARTS) is 1. The number of carbonyl (C=O) groups excluding carboxylic acids is 1. The molecule has 3 heterocycles. The fraction of sp³-hybridized carbons (Fsp3) is 0.692. The first-order valence-electron chi connectivity index (χ1n) is 13.5. The molecule has 0 aliphatic carbocycles. The average molecular weight is 636 g/mol. The molecule has 0 aromatic heterocycles. The van der Waals surface area contributed by atoms with Crippen LogP contribution in [-0.2, 0) is 22.6 Å². The molecular formula is C26H30F9N3O5. The van der Waals surface area contributed by atoms with E-state index in [0.29, 0.717) is 43.5 Å². The van der Waals surface area contributed by atoms with Crippen molar-refractivity contribution in [3.63, 3.8) is 0 Å². The van der Waals surface area contributed by atoms with Gasteiger partial charge in [0.1, 0.15) is 5.75 Å².